The normalized spacial score (nSPS) is 10.5. The topological polar surface area (TPSA) is 75.1 Å². The molecule has 25 heavy (non-hydrogen) atoms. The second-order valence-electron chi connectivity index (χ2n) is 5.51. The first kappa shape index (κ1) is 16.7. The van der Waals surface area contributed by atoms with E-state index in [1.807, 2.05) is 6.07 Å². The zero-order valence-electron chi connectivity index (χ0n) is 13.3. The molecule has 0 radical (unpaired) electrons. The fourth-order valence-corrected chi connectivity index (χ4v) is 2.33. The summed E-state index contributed by atoms with van der Waals surface area (Å²) in [5.74, 6) is -0.627. The average Bonchev–Trinajstić information content (AvgIpc) is 2.63. The molecule has 0 spiro atoms. The van der Waals surface area contributed by atoms with Gasteiger partial charge in [-0.1, -0.05) is 18.2 Å². The molecule has 1 aromatic carbocycles. The van der Waals surface area contributed by atoms with Crippen LogP contribution >= 0.6 is 0 Å². The maximum absolute atomic E-state index is 13.2. The van der Waals surface area contributed by atoms with E-state index in [0.717, 1.165) is 11.1 Å². The number of pyridine rings is 2. The molecule has 0 saturated heterocycles. The predicted octanol–water partition coefficient (Wildman–Crippen LogP) is 2.95. The second-order valence-corrected chi connectivity index (χ2v) is 5.51. The number of amides is 1. The molecule has 6 heteroatoms. The molecule has 0 saturated carbocycles. The van der Waals surface area contributed by atoms with Crippen molar-refractivity contribution in [2.75, 3.05) is 5.32 Å². The summed E-state index contributed by atoms with van der Waals surface area (Å²) in [6.45, 7) is -0.150. The van der Waals surface area contributed by atoms with Gasteiger partial charge >= 0.3 is 0 Å². The number of aromatic nitrogens is 2. The maximum Gasteiger partial charge on any atom is 0.274 e. The van der Waals surface area contributed by atoms with Crippen LogP contribution in [0.5, 0.6) is 0 Å². The summed E-state index contributed by atoms with van der Waals surface area (Å²) < 4.78 is 13.2. The molecule has 0 aliphatic rings. The number of nitrogens with one attached hydrogen (secondary N) is 1. The first-order valence-electron chi connectivity index (χ1n) is 7.70. The van der Waals surface area contributed by atoms with Crippen LogP contribution < -0.4 is 5.32 Å². The lowest BCUT2D eigenvalue weighted by atomic mass is 10.1. The number of carbonyl (C=O) groups is 1. The van der Waals surface area contributed by atoms with Gasteiger partial charge in [0, 0.05) is 6.20 Å². The number of hydrogen-bond acceptors (Lipinski definition) is 4. The lowest BCUT2D eigenvalue weighted by Crippen LogP contribution is -2.14. The molecule has 0 unspecified atom stereocenters. The number of benzene rings is 1. The first-order valence-corrected chi connectivity index (χ1v) is 7.70. The highest BCUT2D eigenvalue weighted by Crippen LogP contribution is 2.12. The molecular weight excluding hydrogens is 321 g/mol. The molecular formula is C19H16FN3O2. The number of nitrogens with zero attached hydrogens (tertiary/aromatic N) is 2. The van der Waals surface area contributed by atoms with E-state index in [9.17, 15) is 9.18 Å². The van der Waals surface area contributed by atoms with Crippen molar-refractivity contribution in [2.45, 2.75) is 13.0 Å². The van der Waals surface area contributed by atoms with E-state index in [1.54, 1.807) is 36.5 Å². The molecule has 0 atom stereocenters. The Bertz CT molecular complexity index is 865. The predicted molar refractivity (Wildman–Crippen MR) is 91.6 cm³/mol. The van der Waals surface area contributed by atoms with Gasteiger partial charge in [0.05, 0.1) is 24.2 Å². The first-order chi connectivity index (χ1) is 12.1. The standard InChI is InChI=1S/C19H16FN3O2/c20-15-3-1-2-13(9-15)8-14-4-7-18(22-10-14)19(25)23-16-5-6-17(12-24)21-11-16/h1-7,9-11,24H,8,12H2,(H,23,25). The third kappa shape index (κ3) is 4.45. The van der Waals surface area contributed by atoms with Crippen molar-refractivity contribution in [3.05, 3.63) is 89.3 Å². The van der Waals surface area contributed by atoms with Gasteiger partial charge in [0.15, 0.2) is 0 Å². The summed E-state index contributed by atoms with van der Waals surface area (Å²) in [5, 5.41) is 11.6. The Kier molecular flexibility index (Phi) is 5.11. The van der Waals surface area contributed by atoms with E-state index in [1.165, 1.54) is 18.3 Å². The van der Waals surface area contributed by atoms with Crippen molar-refractivity contribution in [3.63, 3.8) is 0 Å². The number of anilines is 1. The number of aliphatic hydroxyl groups is 1. The summed E-state index contributed by atoms with van der Waals surface area (Å²) in [4.78, 5) is 20.3. The van der Waals surface area contributed by atoms with Gasteiger partial charge < -0.3 is 10.4 Å². The van der Waals surface area contributed by atoms with E-state index >= 15 is 0 Å². The van der Waals surface area contributed by atoms with Crippen LogP contribution in [-0.4, -0.2) is 21.0 Å². The van der Waals surface area contributed by atoms with Gasteiger partial charge in [0.2, 0.25) is 0 Å². The van der Waals surface area contributed by atoms with Crippen molar-refractivity contribution in [2.24, 2.45) is 0 Å². The Morgan fingerprint density at radius 3 is 2.56 bits per heavy atom. The fraction of sp³-hybridized carbons (Fsp3) is 0.105. The number of halogens is 1. The lowest BCUT2D eigenvalue weighted by molar-refractivity contribution is 0.102. The summed E-state index contributed by atoms with van der Waals surface area (Å²) in [7, 11) is 0. The summed E-state index contributed by atoms with van der Waals surface area (Å²) in [5.41, 5.74) is 3.05. The highest BCUT2D eigenvalue weighted by Gasteiger charge is 2.08. The zero-order valence-corrected chi connectivity index (χ0v) is 13.3. The van der Waals surface area contributed by atoms with E-state index in [-0.39, 0.29) is 24.0 Å². The van der Waals surface area contributed by atoms with Crippen molar-refractivity contribution >= 4 is 11.6 Å². The van der Waals surface area contributed by atoms with Crippen LogP contribution in [0, 0.1) is 5.82 Å². The maximum atomic E-state index is 13.2. The number of rotatable bonds is 5. The van der Waals surface area contributed by atoms with E-state index in [4.69, 9.17) is 5.11 Å². The summed E-state index contributed by atoms with van der Waals surface area (Å²) in [6, 6.07) is 13.1. The molecule has 126 valence electrons. The Labute approximate surface area is 144 Å². The Morgan fingerprint density at radius 1 is 1.04 bits per heavy atom. The van der Waals surface area contributed by atoms with Crippen LogP contribution in [0.4, 0.5) is 10.1 Å². The summed E-state index contributed by atoms with van der Waals surface area (Å²) in [6.07, 6.45) is 3.62. The van der Waals surface area contributed by atoms with Gasteiger partial charge in [-0.3, -0.25) is 14.8 Å². The minimum Gasteiger partial charge on any atom is -0.390 e. The number of aliphatic hydroxyl groups excluding tert-OH is 1. The summed E-state index contributed by atoms with van der Waals surface area (Å²) >= 11 is 0. The Hall–Kier alpha value is -3.12. The highest BCUT2D eigenvalue weighted by molar-refractivity contribution is 6.02. The van der Waals surface area contributed by atoms with Crippen LogP contribution in [0.3, 0.4) is 0 Å². The molecule has 3 aromatic rings. The molecule has 0 aliphatic heterocycles. The Morgan fingerprint density at radius 2 is 1.92 bits per heavy atom. The van der Waals surface area contributed by atoms with Crippen LogP contribution in [0.25, 0.3) is 0 Å². The highest BCUT2D eigenvalue weighted by atomic mass is 19.1. The quantitative estimate of drug-likeness (QED) is 0.751. The zero-order chi connectivity index (χ0) is 17.6. The van der Waals surface area contributed by atoms with Crippen molar-refractivity contribution < 1.29 is 14.3 Å². The number of carbonyl (C=O) groups excluding carboxylic acids is 1. The van der Waals surface area contributed by atoms with Crippen molar-refractivity contribution in [1.29, 1.82) is 0 Å². The van der Waals surface area contributed by atoms with E-state index < -0.39 is 0 Å². The van der Waals surface area contributed by atoms with Gasteiger partial charge in [0.25, 0.3) is 5.91 Å². The molecule has 0 bridgehead atoms. The molecule has 2 heterocycles. The van der Waals surface area contributed by atoms with Crippen molar-refractivity contribution in [3.8, 4) is 0 Å². The van der Waals surface area contributed by atoms with Gasteiger partial charge in [-0.15, -0.1) is 0 Å². The van der Waals surface area contributed by atoms with Gasteiger partial charge in [-0.05, 0) is 47.9 Å². The average molecular weight is 337 g/mol. The van der Waals surface area contributed by atoms with Crippen LogP contribution in [0.2, 0.25) is 0 Å². The molecule has 2 N–H and O–H groups in total. The van der Waals surface area contributed by atoms with Crippen molar-refractivity contribution in [1.82, 2.24) is 9.97 Å². The molecule has 1 amide bonds. The molecule has 0 aliphatic carbocycles. The lowest BCUT2D eigenvalue weighted by Gasteiger charge is -2.06. The van der Waals surface area contributed by atoms with Crippen LogP contribution in [0.15, 0.2) is 60.9 Å². The monoisotopic (exact) mass is 337 g/mol. The molecule has 2 aromatic heterocycles. The molecule has 0 fully saturated rings. The van der Waals surface area contributed by atoms with E-state index in [2.05, 4.69) is 15.3 Å². The van der Waals surface area contributed by atoms with Gasteiger partial charge in [-0.25, -0.2) is 4.39 Å². The van der Waals surface area contributed by atoms with Crippen LogP contribution in [0.1, 0.15) is 27.3 Å². The SMILES string of the molecule is O=C(Nc1ccc(CO)nc1)c1ccc(Cc2cccc(F)c2)cn1. The third-order valence-electron chi connectivity index (χ3n) is 3.60. The third-order valence-corrected chi connectivity index (χ3v) is 3.60. The second kappa shape index (κ2) is 7.63. The molecule has 5 nitrogen and oxygen atoms in total. The van der Waals surface area contributed by atoms with Gasteiger partial charge in [-0.2, -0.15) is 0 Å². The smallest absolute Gasteiger partial charge is 0.274 e. The van der Waals surface area contributed by atoms with Crippen LogP contribution in [-0.2, 0) is 13.0 Å². The minimum atomic E-state index is -0.351. The molecule has 3 rings (SSSR count). The fourth-order valence-electron chi connectivity index (χ4n) is 2.33. The Balaban J connectivity index is 1.65. The minimum absolute atomic E-state index is 0.150. The van der Waals surface area contributed by atoms with E-state index in [0.29, 0.717) is 17.8 Å². The number of hydrogen-bond donors (Lipinski definition) is 2. The van der Waals surface area contributed by atoms with Gasteiger partial charge in [0.1, 0.15) is 11.5 Å². The largest absolute Gasteiger partial charge is 0.390 e.